The Labute approximate surface area is 128 Å². The van der Waals surface area contributed by atoms with Gasteiger partial charge in [-0.25, -0.2) is 4.39 Å². The third kappa shape index (κ3) is 3.95. The summed E-state index contributed by atoms with van der Waals surface area (Å²) in [4.78, 5) is 0. The number of hydrogen-bond donors (Lipinski definition) is 1. The SMILES string of the molecule is NCC(Cc1ccccc1Cl)Cc1ccc(F)cc1Cl. The van der Waals surface area contributed by atoms with Gasteiger partial charge < -0.3 is 5.73 Å². The summed E-state index contributed by atoms with van der Waals surface area (Å²) in [6.07, 6.45) is 1.49. The van der Waals surface area contributed by atoms with Crippen LogP contribution in [0.1, 0.15) is 11.1 Å². The first-order valence-corrected chi connectivity index (χ1v) is 7.23. The van der Waals surface area contributed by atoms with Crippen molar-refractivity contribution in [2.75, 3.05) is 6.54 Å². The van der Waals surface area contributed by atoms with Gasteiger partial charge in [-0.1, -0.05) is 47.5 Å². The molecule has 4 heteroatoms. The normalized spacial score (nSPS) is 12.4. The van der Waals surface area contributed by atoms with Crippen LogP contribution >= 0.6 is 23.2 Å². The van der Waals surface area contributed by atoms with Crippen molar-refractivity contribution in [1.29, 1.82) is 0 Å². The fourth-order valence-corrected chi connectivity index (χ4v) is 2.67. The molecule has 0 saturated carbocycles. The van der Waals surface area contributed by atoms with Crippen LogP contribution < -0.4 is 5.73 Å². The van der Waals surface area contributed by atoms with Crippen LogP contribution in [0.25, 0.3) is 0 Å². The first kappa shape index (κ1) is 15.3. The monoisotopic (exact) mass is 311 g/mol. The summed E-state index contributed by atoms with van der Waals surface area (Å²) in [6, 6.07) is 12.2. The molecule has 0 aromatic heterocycles. The molecule has 2 aromatic rings. The van der Waals surface area contributed by atoms with Gasteiger partial charge in [0, 0.05) is 10.0 Å². The standard InChI is InChI=1S/C16H16Cl2FN/c17-15-4-2-1-3-12(15)7-11(10-20)8-13-5-6-14(19)9-16(13)18/h1-6,9,11H,7-8,10,20H2. The maximum absolute atomic E-state index is 13.0. The highest BCUT2D eigenvalue weighted by molar-refractivity contribution is 6.31. The lowest BCUT2D eigenvalue weighted by Crippen LogP contribution is -2.19. The van der Waals surface area contributed by atoms with Crippen LogP contribution in [0.5, 0.6) is 0 Å². The molecule has 20 heavy (non-hydrogen) atoms. The van der Waals surface area contributed by atoms with Gasteiger partial charge in [0.05, 0.1) is 0 Å². The number of nitrogens with two attached hydrogens (primary N) is 1. The van der Waals surface area contributed by atoms with E-state index in [-0.39, 0.29) is 11.7 Å². The zero-order valence-corrected chi connectivity index (χ0v) is 12.5. The van der Waals surface area contributed by atoms with E-state index in [1.54, 1.807) is 6.07 Å². The van der Waals surface area contributed by atoms with Crippen molar-refractivity contribution in [3.63, 3.8) is 0 Å². The second kappa shape index (κ2) is 7.07. The summed E-state index contributed by atoms with van der Waals surface area (Å²) in [7, 11) is 0. The molecule has 1 nitrogen and oxygen atoms in total. The third-order valence-corrected chi connectivity index (χ3v) is 4.04. The number of halogens is 3. The van der Waals surface area contributed by atoms with Gasteiger partial charge in [0.15, 0.2) is 0 Å². The van der Waals surface area contributed by atoms with Gasteiger partial charge in [-0.15, -0.1) is 0 Å². The lowest BCUT2D eigenvalue weighted by atomic mass is 9.92. The molecule has 0 amide bonds. The Hall–Kier alpha value is -1.09. The molecule has 0 spiro atoms. The maximum Gasteiger partial charge on any atom is 0.124 e. The Balaban J connectivity index is 2.11. The van der Waals surface area contributed by atoms with Crippen LogP contribution in [-0.2, 0) is 12.8 Å². The maximum atomic E-state index is 13.0. The molecule has 0 radical (unpaired) electrons. The molecule has 0 aliphatic heterocycles. The van der Waals surface area contributed by atoms with E-state index in [0.29, 0.717) is 18.0 Å². The molecule has 2 aromatic carbocycles. The molecular formula is C16H16Cl2FN. The zero-order valence-electron chi connectivity index (χ0n) is 11.0. The van der Waals surface area contributed by atoms with Gasteiger partial charge in [0.25, 0.3) is 0 Å². The average molecular weight is 312 g/mol. The number of benzene rings is 2. The molecule has 2 rings (SSSR count). The van der Waals surface area contributed by atoms with Crippen LogP contribution in [0.2, 0.25) is 10.0 Å². The van der Waals surface area contributed by atoms with Gasteiger partial charge in [-0.05, 0) is 54.6 Å². The van der Waals surface area contributed by atoms with Crippen LogP contribution in [-0.4, -0.2) is 6.54 Å². The molecule has 1 atom stereocenters. The highest BCUT2D eigenvalue weighted by Gasteiger charge is 2.13. The largest absolute Gasteiger partial charge is 0.330 e. The quantitative estimate of drug-likeness (QED) is 0.865. The summed E-state index contributed by atoms with van der Waals surface area (Å²) < 4.78 is 13.0. The Morgan fingerprint density at radius 1 is 0.950 bits per heavy atom. The average Bonchev–Trinajstić information content (AvgIpc) is 2.43. The first-order chi connectivity index (χ1) is 9.60. The van der Waals surface area contributed by atoms with Crippen molar-refractivity contribution in [2.24, 2.45) is 11.7 Å². The van der Waals surface area contributed by atoms with E-state index in [1.165, 1.54) is 12.1 Å². The Kier molecular flexibility index (Phi) is 5.41. The number of rotatable bonds is 5. The summed E-state index contributed by atoms with van der Waals surface area (Å²) in [6.45, 7) is 0.527. The molecular weight excluding hydrogens is 296 g/mol. The first-order valence-electron chi connectivity index (χ1n) is 6.47. The highest BCUT2D eigenvalue weighted by atomic mass is 35.5. The highest BCUT2D eigenvalue weighted by Crippen LogP contribution is 2.24. The van der Waals surface area contributed by atoms with Crippen LogP contribution in [0.3, 0.4) is 0 Å². The Morgan fingerprint density at radius 3 is 2.20 bits per heavy atom. The van der Waals surface area contributed by atoms with E-state index in [0.717, 1.165) is 22.6 Å². The molecule has 2 N–H and O–H groups in total. The van der Waals surface area contributed by atoms with E-state index in [1.807, 2.05) is 24.3 Å². The lowest BCUT2D eigenvalue weighted by Gasteiger charge is -2.16. The smallest absolute Gasteiger partial charge is 0.124 e. The van der Waals surface area contributed by atoms with Gasteiger partial charge in [-0.2, -0.15) is 0 Å². The second-order valence-electron chi connectivity index (χ2n) is 4.84. The number of hydrogen-bond acceptors (Lipinski definition) is 1. The fourth-order valence-electron chi connectivity index (χ4n) is 2.21. The van der Waals surface area contributed by atoms with E-state index in [4.69, 9.17) is 28.9 Å². The Bertz CT molecular complexity index is 586. The third-order valence-electron chi connectivity index (χ3n) is 3.32. The fraction of sp³-hybridized carbons (Fsp3) is 0.250. The molecule has 0 fully saturated rings. The minimum atomic E-state index is -0.325. The Morgan fingerprint density at radius 2 is 1.60 bits per heavy atom. The minimum absolute atomic E-state index is 0.220. The second-order valence-corrected chi connectivity index (χ2v) is 5.65. The van der Waals surface area contributed by atoms with Gasteiger partial charge in [-0.3, -0.25) is 0 Å². The van der Waals surface area contributed by atoms with Crippen LogP contribution in [0.4, 0.5) is 4.39 Å². The molecule has 106 valence electrons. The van der Waals surface area contributed by atoms with Crippen molar-refractivity contribution >= 4 is 23.2 Å². The molecule has 0 aliphatic rings. The topological polar surface area (TPSA) is 26.0 Å². The summed E-state index contributed by atoms with van der Waals surface area (Å²) >= 11 is 12.2. The molecule has 0 saturated heterocycles. The molecule has 1 unspecified atom stereocenters. The van der Waals surface area contributed by atoms with Gasteiger partial charge in [0.2, 0.25) is 0 Å². The van der Waals surface area contributed by atoms with E-state index in [2.05, 4.69) is 0 Å². The summed E-state index contributed by atoms with van der Waals surface area (Å²) in [5.41, 5.74) is 7.82. The van der Waals surface area contributed by atoms with Gasteiger partial charge in [0.1, 0.15) is 5.82 Å². The predicted molar refractivity (Wildman–Crippen MR) is 82.8 cm³/mol. The predicted octanol–water partition coefficient (Wildman–Crippen LogP) is 4.49. The summed E-state index contributed by atoms with van der Waals surface area (Å²) in [5.74, 6) is -0.105. The van der Waals surface area contributed by atoms with E-state index < -0.39 is 0 Å². The summed E-state index contributed by atoms with van der Waals surface area (Å²) in [5, 5.41) is 1.19. The van der Waals surface area contributed by atoms with Crippen molar-refractivity contribution < 1.29 is 4.39 Å². The van der Waals surface area contributed by atoms with Crippen LogP contribution in [0.15, 0.2) is 42.5 Å². The van der Waals surface area contributed by atoms with Crippen molar-refractivity contribution in [2.45, 2.75) is 12.8 Å². The van der Waals surface area contributed by atoms with Crippen molar-refractivity contribution in [3.8, 4) is 0 Å². The molecule has 0 aliphatic carbocycles. The minimum Gasteiger partial charge on any atom is -0.330 e. The van der Waals surface area contributed by atoms with Gasteiger partial charge >= 0.3 is 0 Å². The van der Waals surface area contributed by atoms with Crippen molar-refractivity contribution in [3.05, 3.63) is 69.5 Å². The van der Waals surface area contributed by atoms with E-state index in [9.17, 15) is 4.39 Å². The van der Waals surface area contributed by atoms with Crippen LogP contribution in [0, 0.1) is 11.7 Å². The lowest BCUT2D eigenvalue weighted by molar-refractivity contribution is 0.532. The zero-order chi connectivity index (χ0) is 14.5. The van der Waals surface area contributed by atoms with Crippen molar-refractivity contribution in [1.82, 2.24) is 0 Å². The molecule has 0 heterocycles. The van der Waals surface area contributed by atoms with E-state index >= 15 is 0 Å². The molecule has 0 bridgehead atoms.